The third kappa shape index (κ3) is 8.58. The summed E-state index contributed by atoms with van der Waals surface area (Å²) in [4.78, 5) is 50.9. The van der Waals surface area contributed by atoms with Crippen LogP contribution in [0.1, 0.15) is 24.6 Å². The first-order chi connectivity index (χ1) is 21.5. The number of pyridine rings is 3. The molecule has 46 heavy (non-hydrogen) atoms. The van der Waals surface area contributed by atoms with Gasteiger partial charge < -0.3 is 25.2 Å². The predicted molar refractivity (Wildman–Crippen MR) is 151 cm³/mol. The molecule has 0 aliphatic carbocycles. The van der Waals surface area contributed by atoms with Crippen LogP contribution in [0.2, 0.25) is 0 Å². The van der Waals surface area contributed by atoms with E-state index in [2.05, 4.69) is 21.3 Å². The van der Waals surface area contributed by atoms with E-state index in [0.717, 1.165) is 61.5 Å². The molecule has 0 saturated carbocycles. The van der Waals surface area contributed by atoms with E-state index in [1.54, 1.807) is 28.5 Å². The van der Waals surface area contributed by atoms with Crippen LogP contribution in [0.4, 0.5) is 26.3 Å². The van der Waals surface area contributed by atoms with Crippen molar-refractivity contribution in [2.24, 2.45) is 0 Å². The highest BCUT2D eigenvalue weighted by atomic mass is 32.2. The van der Waals surface area contributed by atoms with Crippen LogP contribution in [0.15, 0.2) is 51.0 Å². The third-order valence-corrected chi connectivity index (χ3v) is 8.11. The van der Waals surface area contributed by atoms with Gasteiger partial charge in [-0.2, -0.15) is 26.3 Å². The Bertz CT molecular complexity index is 1670. The highest BCUT2D eigenvalue weighted by Gasteiger charge is 2.39. The molecule has 3 aliphatic heterocycles. The SMILES string of the molecule is O=C(O)C(F)(F)F.O=C(O)C(F)(F)F.O=c1ccc2ccc(=O)n3c2n1C[C@H]3CN1CCC(NCc2cc3c(cn2)OCS3)CC1. The zero-order chi connectivity index (χ0) is 33.8. The summed E-state index contributed by atoms with van der Waals surface area (Å²) in [6.45, 7) is 4.07. The zero-order valence-electron chi connectivity index (χ0n) is 23.7. The Morgan fingerprint density at radius 3 is 2.15 bits per heavy atom. The Morgan fingerprint density at radius 2 is 1.57 bits per heavy atom. The summed E-state index contributed by atoms with van der Waals surface area (Å²) in [6.07, 6.45) is -6.23. The number of likely N-dealkylation sites (tertiary alicyclic amines) is 1. The van der Waals surface area contributed by atoms with Gasteiger partial charge in [-0.3, -0.25) is 23.7 Å². The number of nitrogens with zero attached hydrogens (tertiary/aromatic N) is 4. The minimum absolute atomic E-state index is 0.00106. The molecule has 1 saturated heterocycles. The molecule has 0 radical (unpaired) electrons. The average Bonchev–Trinajstić information content (AvgIpc) is 3.61. The molecule has 250 valence electrons. The van der Waals surface area contributed by atoms with Crippen molar-refractivity contribution in [2.45, 2.75) is 55.3 Å². The van der Waals surface area contributed by atoms with E-state index in [0.29, 0.717) is 18.5 Å². The second-order valence-corrected chi connectivity index (χ2v) is 11.3. The Kier molecular flexibility index (Phi) is 10.7. The van der Waals surface area contributed by atoms with Crippen LogP contribution >= 0.6 is 11.8 Å². The zero-order valence-corrected chi connectivity index (χ0v) is 24.5. The number of halogens is 6. The lowest BCUT2D eigenvalue weighted by molar-refractivity contribution is -0.193. The fourth-order valence-corrected chi connectivity index (χ4v) is 5.88. The van der Waals surface area contributed by atoms with E-state index in [4.69, 9.17) is 24.5 Å². The number of aromatic nitrogens is 3. The summed E-state index contributed by atoms with van der Waals surface area (Å²) in [6, 6.07) is 9.41. The van der Waals surface area contributed by atoms with Crippen LogP contribution in [0, 0.1) is 0 Å². The summed E-state index contributed by atoms with van der Waals surface area (Å²) >= 11 is 1.71. The molecule has 6 heterocycles. The average molecular weight is 680 g/mol. The van der Waals surface area contributed by atoms with Crippen LogP contribution in [-0.2, 0) is 22.7 Å². The van der Waals surface area contributed by atoms with Gasteiger partial charge in [0.25, 0.3) is 11.1 Å². The Labute approximate surface area is 259 Å². The summed E-state index contributed by atoms with van der Waals surface area (Å²) in [5.74, 6) is -3.95. The van der Waals surface area contributed by atoms with Gasteiger partial charge in [0.2, 0.25) is 0 Å². The lowest BCUT2D eigenvalue weighted by Gasteiger charge is -2.34. The lowest BCUT2D eigenvalue weighted by atomic mass is 10.0. The number of alkyl halides is 6. The Morgan fingerprint density at radius 1 is 0.978 bits per heavy atom. The maximum absolute atomic E-state index is 12.6. The van der Waals surface area contributed by atoms with Gasteiger partial charge in [-0.25, -0.2) is 9.59 Å². The standard InChI is InChI=1S/C23H25N5O3S.2C2HF3O2/c29-21-3-1-15-2-4-22(30)28-18(13-27(21)23(15)28)12-26-7-5-16(6-8-26)24-10-17-9-20-19(11-25-17)31-14-32-20;2*3-2(4,5)1(6)7/h1-4,9,11,16,18,24H,5-8,10,12-14H2;2*(H,6,7)/t18-;;/m1../s1. The van der Waals surface area contributed by atoms with Gasteiger partial charge in [-0.15, -0.1) is 0 Å². The van der Waals surface area contributed by atoms with Gasteiger partial charge >= 0.3 is 24.3 Å². The van der Waals surface area contributed by atoms with E-state index < -0.39 is 24.3 Å². The van der Waals surface area contributed by atoms with Gasteiger partial charge in [-0.05, 0) is 44.1 Å². The number of nitrogens with one attached hydrogen (secondary N) is 1. The van der Waals surface area contributed by atoms with Crippen LogP contribution in [0.5, 0.6) is 5.75 Å². The molecular weight excluding hydrogens is 652 g/mol. The van der Waals surface area contributed by atoms with Crippen LogP contribution in [0.3, 0.4) is 0 Å². The van der Waals surface area contributed by atoms with Gasteiger partial charge in [0, 0.05) is 43.2 Å². The van der Waals surface area contributed by atoms with Crippen LogP contribution in [-0.4, -0.2) is 85.1 Å². The molecule has 1 atom stereocenters. The fourth-order valence-electron chi connectivity index (χ4n) is 5.10. The molecule has 0 bridgehead atoms. The normalized spacial score (nSPS) is 17.7. The van der Waals surface area contributed by atoms with Crippen molar-refractivity contribution in [3.63, 3.8) is 0 Å². The summed E-state index contributed by atoms with van der Waals surface area (Å²) in [5.41, 5.74) is 1.75. The number of hydrogen-bond acceptors (Lipinski definition) is 9. The topological polar surface area (TPSA) is 156 Å². The van der Waals surface area contributed by atoms with E-state index in [-0.39, 0.29) is 17.2 Å². The number of ether oxygens (including phenoxy) is 1. The van der Waals surface area contributed by atoms with E-state index in [1.807, 2.05) is 22.9 Å². The predicted octanol–water partition coefficient (Wildman–Crippen LogP) is 3.08. The summed E-state index contributed by atoms with van der Waals surface area (Å²) in [5, 5.41) is 18.8. The van der Waals surface area contributed by atoms with Crippen molar-refractivity contribution in [1.82, 2.24) is 24.3 Å². The van der Waals surface area contributed by atoms with Crippen molar-refractivity contribution in [2.75, 3.05) is 25.6 Å². The van der Waals surface area contributed by atoms with Crippen molar-refractivity contribution >= 4 is 34.7 Å². The number of carboxylic acid groups (broad SMARTS) is 2. The second-order valence-electron chi connectivity index (χ2n) is 10.3. The van der Waals surface area contributed by atoms with Gasteiger partial charge in [0.05, 0.1) is 22.8 Å². The molecule has 12 nitrogen and oxygen atoms in total. The highest BCUT2D eigenvalue weighted by Crippen LogP contribution is 2.35. The Balaban J connectivity index is 0.000000289. The number of piperidine rings is 1. The largest absolute Gasteiger partial charge is 0.490 e. The number of rotatable bonds is 5. The monoisotopic (exact) mass is 679 g/mol. The van der Waals surface area contributed by atoms with E-state index in [1.165, 1.54) is 4.90 Å². The minimum Gasteiger partial charge on any atom is -0.480 e. The van der Waals surface area contributed by atoms with Gasteiger partial charge in [0.1, 0.15) is 11.6 Å². The molecule has 0 spiro atoms. The van der Waals surface area contributed by atoms with E-state index in [9.17, 15) is 35.9 Å². The minimum atomic E-state index is -5.08. The molecule has 0 aromatic carbocycles. The number of carboxylic acids is 2. The lowest BCUT2D eigenvalue weighted by Crippen LogP contribution is -2.44. The van der Waals surface area contributed by atoms with Crippen molar-refractivity contribution in [3.05, 3.63) is 62.9 Å². The first-order valence-corrected chi connectivity index (χ1v) is 14.6. The maximum atomic E-state index is 12.6. The first-order valence-electron chi connectivity index (χ1n) is 13.6. The number of thioether (sulfide) groups is 1. The second kappa shape index (κ2) is 14.1. The maximum Gasteiger partial charge on any atom is 0.490 e. The highest BCUT2D eigenvalue weighted by molar-refractivity contribution is 7.99. The molecule has 3 aromatic rings. The molecule has 0 unspecified atom stereocenters. The molecule has 6 rings (SSSR count). The molecule has 3 aliphatic rings. The van der Waals surface area contributed by atoms with Gasteiger partial charge in [-0.1, -0.05) is 11.8 Å². The molecular formula is C27H27F6N5O7S. The van der Waals surface area contributed by atoms with Crippen LogP contribution < -0.4 is 21.2 Å². The molecule has 1 fully saturated rings. The molecule has 3 aromatic heterocycles. The first kappa shape index (κ1) is 34.8. The number of fused-ring (bicyclic) bond motifs is 1. The number of carbonyl (C=O) groups is 2. The third-order valence-electron chi connectivity index (χ3n) is 7.25. The molecule has 3 N–H and O–H groups in total. The smallest absolute Gasteiger partial charge is 0.480 e. The number of aliphatic carboxylic acids is 2. The quantitative estimate of drug-likeness (QED) is 0.341. The Hall–Kier alpha value is -4.10. The van der Waals surface area contributed by atoms with Crippen molar-refractivity contribution in [3.8, 4) is 5.75 Å². The summed E-state index contributed by atoms with van der Waals surface area (Å²) in [7, 11) is 0. The van der Waals surface area contributed by atoms with E-state index >= 15 is 0 Å². The van der Waals surface area contributed by atoms with Crippen LogP contribution in [0.25, 0.3) is 11.0 Å². The molecule has 0 amide bonds. The molecule has 19 heteroatoms. The fraction of sp³-hybridized carbons (Fsp3) is 0.444. The van der Waals surface area contributed by atoms with Crippen molar-refractivity contribution in [1.29, 1.82) is 0 Å². The summed E-state index contributed by atoms with van der Waals surface area (Å²) < 4.78 is 72.5. The number of hydrogen-bond donors (Lipinski definition) is 3. The van der Waals surface area contributed by atoms with Crippen molar-refractivity contribution < 1.29 is 50.9 Å². The van der Waals surface area contributed by atoms with Gasteiger partial charge in [0.15, 0.2) is 5.75 Å².